The lowest BCUT2D eigenvalue weighted by atomic mass is 9.87. The highest BCUT2D eigenvalue weighted by Crippen LogP contribution is 2.24. The molecule has 2 aromatic carbocycles. The summed E-state index contributed by atoms with van der Waals surface area (Å²) in [5.74, 6) is 0.583. The van der Waals surface area contributed by atoms with Crippen molar-refractivity contribution in [3.05, 3.63) is 59.9 Å². The minimum absolute atomic E-state index is 0.0555. The summed E-state index contributed by atoms with van der Waals surface area (Å²) in [6.07, 6.45) is -0.0555. The molecule has 0 spiro atoms. The van der Waals surface area contributed by atoms with Crippen LogP contribution in [0.1, 0.15) is 33.3 Å². The van der Waals surface area contributed by atoms with Crippen LogP contribution in [-0.4, -0.2) is 12.6 Å². The van der Waals surface area contributed by atoms with Crippen LogP contribution in [0, 0.1) is 5.82 Å². The van der Waals surface area contributed by atoms with Crippen molar-refractivity contribution < 1.29 is 9.13 Å². The summed E-state index contributed by atoms with van der Waals surface area (Å²) in [7, 11) is 0. The Balaban J connectivity index is 1.89. The lowest BCUT2D eigenvalue weighted by molar-refractivity contribution is 0.234. The molecule has 1 atom stereocenters. The Morgan fingerprint density at radius 3 is 2.27 bits per heavy atom. The van der Waals surface area contributed by atoms with Gasteiger partial charge in [0.1, 0.15) is 17.7 Å². The first-order valence-electron chi connectivity index (χ1n) is 7.62. The molecule has 0 amide bonds. The SMILES string of the molecule is CC(CNc1ccccc1F)Oc1ccc(C(C)(C)C)cc1. The minimum atomic E-state index is -0.246. The van der Waals surface area contributed by atoms with Crippen molar-refractivity contribution in [2.24, 2.45) is 0 Å². The number of anilines is 1. The predicted molar refractivity (Wildman–Crippen MR) is 90.1 cm³/mol. The van der Waals surface area contributed by atoms with Crippen LogP contribution in [-0.2, 0) is 5.41 Å². The second-order valence-electron chi connectivity index (χ2n) is 6.56. The first-order chi connectivity index (χ1) is 10.4. The molecule has 0 saturated carbocycles. The zero-order valence-corrected chi connectivity index (χ0v) is 13.7. The zero-order chi connectivity index (χ0) is 16.2. The molecule has 0 aliphatic rings. The number of ether oxygens (including phenoxy) is 1. The van der Waals surface area contributed by atoms with Gasteiger partial charge in [-0.05, 0) is 42.2 Å². The van der Waals surface area contributed by atoms with Crippen molar-refractivity contribution >= 4 is 5.69 Å². The first kappa shape index (κ1) is 16.3. The number of nitrogens with one attached hydrogen (secondary N) is 1. The molecule has 0 heterocycles. The Labute approximate surface area is 132 Å². The summed E-state index contributed by atoms with van der Waals surface area (Å²) >= 11 is 0. The van der Waals surface area contributed by atoms with E-state index in [1.165, 1.54) is 11.6 Å². The van der Waals surface area contributed by atoms with Gasteiger partial charge in [0.05, 0.1) is 12.2 Å². The van der Waals surface area contributed by atoms with E-state index in [9.17, 15) is 4.39 Å². The van der Waals surface area contributed by atoms with Crippen LogP contribution in [0.15, 0.2) is 48.5 Å². The van der Waals surface area contributed by atoms with E-state index >= 15 is 0 Å². The monoisotopic (exact) mass is 301 g/mol. The van der Waals surface area contributed by atoms with Gasteiger partial charge in [-0.1, -0.05) is 45.0 Å². The van der Waals surface area contributed by atoms with Crippen molar-refractivity contribution in [3.8, 4) is 5.75 Å². The van der Waals surface area contributed by atoms with Gasteiger partial charge in [0, 0.05) is 0 Å². The van der Waals surface area contributed by atoms with Crippen molar-refractivity contribution in [1.82, 2.24) is 0 Å². The van der Waals surface area contributed by atoms with Gasteiger partial charge >= 0.3 is 0 Å². The minimum Gasteiger partial charge on any atom is -0.489 e. The van der Waals surface area contributed by atoms with Crippen LogP contribution < -0.4 is 10.1 Å². The second kappa shape index (κ2) is 6.82. The maximum absolute atomic E-state index is 13.5. The fourth-order valence-electron chi connectivity index (χ4n) is 2.17. The Kier molecular flexibility index (Phi) is 5.07. The van der Waals surface area contributed by atoms with Crippen LogP contribution in [0.5, 0.6) is 5.75 Å². The fourth-order valence-corrected chi connectivity index (χ4v) is 2.17. The molecular formula is C19H24FNO. The summed E-state index contributed by atoms with van der Waals surface area (Å²) < 4.78 is 19.4. The third-order valence-corrected chi connectivity index (χ3v) is 3.51. The van der Waals surface area contributed by atoms with Crippen LogP contribution in [0.4, 0.5) is 10.1 Å². The van der Waals surface area contributed by atoms with Crippen LogP contribution in [0.25, 0.3) is 0 Å². The van der Waals surface area contributed by atoms with Gasteiger partial charge in [-0.3, -0.25) is 0 Å². The molecule has 0 fully saturated rings. The quantitative estimate of drug-likeness (QED) is 0.839. The Bertz CT molecular complexity index is 602. The molecule has 2 aromatic rings. The number of para-hydroxylation sites is 1. The van der Waals surface area contributed by atoms with E-state index in [-0.39, 0.29) is 17.3 Å². The summed E-state index contributed by atoms with van der Waals surface area (Å²) in [6, 6.07) is 14.8. The van der Waals surface area contributed by atoms with Crippen LogP contribution in [0.2, 0.25) is 0 Å². The Morgan fingerprint density at radius 1 is 1.05 bits per heavy atom. The largest absolute Gasteiger partial charge is 0.489 e. The molecule has 0 aliphatic carbocycles. The highest BCUT2D eigenvalue weighted by molar-refractivity contribution is 5.44. The summed E-state index contributed by atoms with van der Waals surface area (Å²) in [6.45, 7) is 9.06. The molecule has 0 aliphatic heterocycles. The number of halogens is 1. The lowest BCUT2D eigenvalue weighted by Gasteiger charge is -2.20. The van der Waals surface area contributed by atoms with Gasteiger partial charge in [0.15, 0.2) is 0 Å². The standard InChI is InChI=1S/C19H24FNO/c1-14(13-21-18-8-6-5-7-17(18)20)22-16-11-9-15(10-12-16)19(2,3)4/h5-12,14,21H,13H2,1-4H3. The van der Waals surface area contributed by atoms with Crippen LogP contribution in [0.3, 0.4) is 0 Å². The average molecular weight is 301 g/mol. The summed E-state index contributed by atoms with van der Waals surface area (Å²) in [5, 5.41) is 3.07. The summed E-state index contributed by atoms with van der Waals surface area (Å²) in [4.78, 5) is 0. The zero-order valence-electron chi connectivity index (χ0n) is 13.7. The second-order valence-corrected chi connectivity index (χ2v) is 6.56. The molecule has 118 valence electrons. The van der Waals surface area contributed by atoms with Crippen molar-refractivity contribution in [1.29, 1.82) is 0 Å². The van der Waals surface area contributed by atoms with Gasteiger partial charge in [-0.15, -0.1) is 0 Å². The highest BCUT2D eigenvalue weighted by Gasteiger charge is 2.13. The molecule has 3 heteroatoms. The maximum Gasteiger partial charge on any atom is 0.146 e. The van der Waals surface area contributed by atoms with Crippen molar-refractivity contribution in [2.45, 2.75) is 39.2 Å². The normalized spacial score (nSPS) is 12.8. The number of benzene rings is 2. The summed E-state index contributed by atoms with van der Waals surface area (Å²) in [5.41, 5.74) is 1.91. The molecule has 0 saturated heterocycles. The van der Waals surface area contributed by atoms with E-state index in [2.05, 4.69) is 38.2 Å². The predicted octanol–water partition coefficient (Wildman–Crippen LogP) is 5.00. The van der Waals surface area contributed by atoms with Gasteiger partial charge < -0.3 is 10.1 Å². The average Bonchev–Trinajstić information content (AvgIpc) is 2.46. The molecular weight excluding hydrogens is 277 g/mol. The highest BCUT2D eigenvalue weighted by atomic mass is 19.1. The molecule has 0 aromatic heterocycles. The van der Waals surface area contributed by atoms with Gasteiger partial charge in [0.25, 0.3) is 0 Å². The van der Waals surface area contributed by atoms with E-state index in [1.807, 2.05) is 25.1 Å². The van der Waals surface area contributed by atoms with E-state index in [0.29, 0.717) is 12.2 Å². The molecule has 1 unspecified atom stereocenters. The first-order valence-corrected chi connectivity index (χ1v) is 7.62. The topological polar surface area (TPSA) is 21.3 Å². The molecule has 0 bridgehead atoms. The van der Waals surface area contributed by atoms with Crippen molar-refractivity contribution in [2.75, 3.05) is 11.9 Å². The molecule has 22 heavy (non-hydrogen) atoms. The van der Waals surface area contributed by atoms with Gasteiger partial charge in [-0.25, -0.2) is 4.39 Å². The van der Waals surface area contributed by atoms with E-state index in [4.69, 9.17) is 4.74 Å². The van der Waals surface area contributed by atoms with Crippen LogP contribution >= 0.6 is 0 Å². The lowest BCUT2D eigenvalue weighted by Crippen LogP contribution is -2.23. The fraction of sp³-hybridized carbons (Fsp3) is 0.368. The van der Waals surface area contributed by atoms with E-state index < -0.39 is 0 Å². The molecule has 2 nitrogen and oxygen atoms in total. The molecule has 0 radical (unpaired) electrons. The maximum atomic E-state index is 13.5. The third kappa shape index (κ3) is 4.48. The Hall–Kier alpha value is -2.03. The molecule has 1 N–H and O–H groups in total. The van der Waals surface area contributed by atoms with Crippen molar-refractivity contribution in [3.63, 3.8) is 0 Å². The van der Waals surface area contributed by atoms with Gasteiger partial charge in [0.2, 0.25) is 0 Å². The molecule has 2 rings (SSSR count). The number of hydrogen-bond donors (Lipinski definition) is 1. The number of hydrogen-bond acceptors (Lipinski definition) is 2. The van der Waals surface area contributed by atoms with Gasteiger partial charge in [-0.2, -0.15) is 0 Å². The number of rotatable bonds is 5. The Morgan fingerprint density at radius 2 is 1.68 bits per heavy atom. The van der Waals surface area contributed by atoms with E-state index in [1.54, 1.807) is 12.1 Å². The smallest absolute Gasteiger partial charge is 0.146 e. The van der Waals surface area contributed by atoms with E-state index in [0.717, 1.165) is 5.75 Å². The third-order valence-electron chi connectivity index (χ3n) is 3.51.